The predicted octanol–water partition coefficient (Wildman–Crippen LogP) is 2.42. The third-order valence-electron chi connectivity index (χ3n) is 6.10. The van der Waals surface area contributed by atoms with Gasteiger partial charge in [0.15, 0.2) is 0 Å². The van der Waals surface area contributed by atoms with Crippen molar-refractivity contribution < 1.29 is 19.5 Å². The van der Waals surface area contributed by atoms with Gasteiger partial charge in [-0.05, 0) is 31.7 Å². The Morgan fingerprint density at radius 2 is 1.91 bits per heavy atom. The van der Waals surface area contributed by atoms with E-state index in [9.17, 15) is 19.5 Å². The Hall–Kier alpha value is -2.41. The van der Waals surface area contributed by atoms with Gasteiger partial charge in [-0.1, -0.05) is 56.5 Å². The molecule has 0 radical (unpaired) electrons. The Labute approximate surface area is 191 Å². The van der Waals surface area contributed by atoms with Crippen LogP contribution < -0.4 is 10.6 Å². The maximum Gasteiger partial charge on any atom is 0.245 e. The fraction of sp³-hybridized carbons (Fsp3) is 0.640. The van der Waals surface area contributed by atoms with Crippen LogP contribution in [0, 0.1) is 5.92 Å². The van der Waals surface area contributed by atoms with Gasteiger partial charge in [0.2, 0.25) is 17.7 Å². The zero-order chi connectivity index (χ0) is 23.3. The average molecular weight is 446 g/mol. The molecule has 7 nitrogen and oxygen atoms in total. The van der Waals surface area contributed by atoms with Crippen LogP contribution in [-0.4, -0.2) is 59.5 Å². The van der Waals surface area contributed by atoms with Gasteiger partial charge in [-0.3, -0.25) is 14.4 Å². The van der Waals surface area contributed by atoms with E-state index in [4.69, 9.17) is 0 Å². The molecular weight excluding hydrogens is 406 g/mol. The van der Waals surface area contributed by atoms with Crippen molar-refractivity contribution in [3.05, 3.63) is 35.9 Å². The summed E-state index contributed by atoms with van der Waals surface area (Å²) < 4.78 is 0. The van der Waals surface area contributed by atoms with E-state index in [2.05, 4.69) is 17.6 Å². The second kappa shape index (κ2) is 13.9. The van der Waals surface area contributed by atoms with Crippen LogP contribution in [0.5, 0.6) is 0 Å². The number of hydrogen-bond acceptors (Lipinski definition) is 4. The summed E-state index contributed by atoms with van der Waals surface area (Å²) in [5, 5.41) is 15.4. The zero-order valence-corrected chi connectivity index (χ0v) is 19.5. The Morgan fingerprint density at radius 3 is 2.56 bits per heavy atom. The largest absolute Gasteiger partial charge is 0.394 e. The minimum absolute atomic E-state index is 0.0748. The van der Waals surface area contributed by atoms with Crippen molar-refractivity contribution >= 4 is 17.7 Å². The molecule has 178 valence electrons. The summed E-state index contributed by atoms with van der Waals surface area (Å²) in [7, 11) is 0. The lowest BCUT2D eigenvalue weighted by atomic mass is 9.95. The molecule has 1 heterocycles. The zero-order valence-electron chi connectivity index (χ0n) is 19.5. The second-order valence-corrected chi connectivity index (χ2v) is 8.61. The molecule has 32 heavy (non-hydrogen) atoms. The summed E-state index contributed by atoms with van der Waals surface area (Å²) >= 11 is 0. The summed E-state index contributed by atoms with van der Waals surface area (Å²) in [6.07, 6.45) is 5.63. The molecule has 1 aliphatic heterocycles. The van der Waals surface area contributed by atoms with Crippen molar-refractivity contribution in [2.24, 2.45) is 5.92 Å². The number of rotatable bonds is 13. The molecular formula is C25H39N3O4. The number of hydrogen-bond donors (Lipinski definition) is 3. The van der Waals surface area contributed by atoms with Crippen LogP contribution in [-0.2, 0) is 20.8 Å². The quantitative estimate of drug-likeness (QED) is 0.406. The molecule has 0 aliphatic carbocycles. The van der Waals surface area contributed by atoms with Gasteiger partial charge in [0.1, 0.15) is 6.04 Å². The van der Waals surface area contributed by atoms with E-state index in [0.717, 1.165) is 37.7 Å². The lowest BCUT2D eigenvalue weighted by Gasteiger charge is -2.29. The molecule has 1 aromatic rings. The van der Waals surface area contributed by atoms with Crippen LogP contribution in [0.3, 0.4) is 0 Å². The van der Waals surface area contributed by atoms with Crippen molar-refractivity contribution in [1.29, 1.82) is 0 Å². The topological polar surface area (TPSA) is 98.7 Å². The number of aliphatic hydroxyl groups is 1. The van der Waals surface area contributed by atoms with E-state index < -0.39 is 12.0 Å². The van der Waals surface area contributed by atoms with Gasteiger partial charge in [0.25, 0.3) is 0 Å². The first kappa shape index (κ1) is 25.8. The summed E-state index contributed by atoms with van der Waals surface area (Å²) in [5.41, 5.74) is 0.956. The Morgan fingerprint density at radius 1 is 1.16 bits per heavy atom. The van der Waals surface area contributed by atoms with Gasteiger partial charge in [0, 0.05) is 31.8 Å². The van der Waals surface area contributed by atoms with Gasteiger partial charge >= 0.3 is 0 Å². The molecule has 3 N–H and O–H groups in total. The summed E-state index contributed by atoms with van der Waals surface area (Å²) in [6.45, 7) is 4.99. The molecule has 1 aromatic carbocycles. The number of likely N-dealkylation sites (tertiary alicyclic amines) is 1. The Balaban J connectivity index is 2.17. The molecule has 2 rings (SSSR count). The van der Waals surface area contributed by atoms with E-state index in [0.29, 0.717) is 25.9 Å². The molecule has 1 fully saturated rings. The van der Waals surface area contributed by atoms with Crippen LogP contribution in [0.1, 0.15) is 64.4 Å². The Bertz CT molecular complexity index is 725. The molecule has 0 aromatic heterocycles. The second-order valence-electron chi connectivity index (χ2n) is 8.61. The molecule has 7 heteroatoms. The number of nitrogens with zero attached hydrogens (tertiary/aromatic N) is 1. The van der Waals surface area contributed by atoms with E-state index in [1.165, 1.54) is 0 Å². The van der Waals surface area contributed by atoms with Crippen molar-refractivity contribution in [1.82, 2.24) is 15.5 Å². The molecule has 0 unspecified atom stereocenters. The van der Waals surface area contributed by atoms with Crippen LogP contribution in [0.15, 0.2) is 30.3 Å². The highest BCUT2D eigenvalue weighted by molar-refractivity contribution is 5.91. The van der Waals surface area contributed by atoms with E-state index in [1.807, 2.05) is 37.3 Å². The number of nitrogens with one attached hydrogen (secondary N) is 2. The van der Waals surface area contributed by atoms with Gasteiger partial charge in [0.05, 0.1) is 12.6 Å². The van der Waals surface area contributed by atoms with E-state index in [-0.39, 0.29) is 36.8 Å². The van der Waals surface area contributed by atoms with Gasteiger partial charge in [-0.2, -0.15) is 0 Å². The molecule has 3 amide bonds. The highest BCUT2D eigenvalue weighted by atomic mass is 16.3. The number of aliphatic hydroxyl groups excluding tert-OH is 1. The first-order valence-electron chi connectivity index (χ1n) is 12.0. The lowest BCUT2D eigenvalue weighted by molar-refractivity contribution is -0.139. The van der Waals surface area contributed by atoms with Crippen molar-refractivity contribution in [3.8, 4) is 0 Å². The van der Waals surface area contributed by atoms with E-state index in [1.54, 1.807) is 4.90 Å². The lowest BCUT2D eigenvalue weighted by Crippen LogP contribution is -2.53. The number of carbonyl (C=O) groups is 3. The molecule has 0 saturated carbocycles. The summed E-state index contributed by atoms with van der Waals surface area (Å²) in [5.74, 6) is -1.02. The van der Waals surface area contributed by atoms with Crippen molar-refractivity contribution in [3.63, 3.8) is 0 Å². The maximum atomic E-state index is 13.4. The molecule has 1 aliphatic rings. The fourth-order valence-corrected chi connectivity index (χ4v) is 4.31. The standard InChI is InChI=1S/C25H39N3O4/c1-3-5-7-13-20(17-23(30)26-4-2)24(31)27-22(16-19-11-8-6-9-12-19)25(32)28-15-10-14-21(28)18-29/h6,8-9,11-12,20-22,29H,3-5,7,10,13-18H2,1-2H3,(H,26,30)(H,27,31)/t20-,21+,22+/m1/s1. The van der Waals surface area contributed by atoms with Crippen LogP contribution in [0.4, 0.5) is 0 Å². The predicted molar refractivity (Wildman–Crippen MR) is 125 cm³/mol. The summed E-state index contributed by atoms with van der Waals surface area (Å²) in [4.78, 5) is 40.5. The first-order chi connectivity index (χ1) is 15.5. The number of unbranched alkanes of at least 4 members (excludes halogenated alkanes) is 2. The van der Waals surface area contributed by atoms with Crippen LogP contribution in [0.2, 0.25) is 0 Å². The highest BCUT2D eigenvalue weighted by Crippen LogP contribution is 2.20. The van der Waals surface area contributed by atoms with Crippen molar-refractivity contribution in [2.45, 2.75) is 77.3 Å². The first-order valence-corrected chi connectivity index (χ1v) is 12.0. The SMILES string of the molecule is CCCCC[C@H](CC(=O)NCC)C(=O)N[C@@H](Cc1ccccc1)C(=O)N1CCC[C@H]1CO. The van der Waals surface area contributed by atoms with Gasteiger partial charge in [-0.25, -0.2) is 0 Å². The van der Waals surface area contributed by atoms with Gasteiger partial charge in [-0.15, -0.1) is 0 Å². The smallest absolute Gasteiger partial charge is 0.245 e. The average Bonchev–Trinajstić information content (AvgIpc) is 3.27. The Kier molecular flexibility index (Phi) is 11.2. The minimum atomic E-state index is -0.722. The van der Waals surface area contributed by atoms with Crippen LogP contribution in [0.25, 0.3) is 0 Å². The molecule has 0 spiro atoms. The molecule has 1 saturated heterocycles. The molecule has 0 bridgehead atoms. The van der Waals surface area contributed by atoms with Crippen LogP contribution >= 0.6 is 0 Å². The number of carbonyl (C=O) groups excluding carboxylic acids is 3. The maximum absolute atomic E-state index is 13.4. The van der Waals surface area contributed by atoms with Gasteiger partial charge < -0.3 is 20.6 Å². The third-order valence-corrected chi connectivity index (χ3v) is 6.10. The molecule has 3 atom stereocenters. The van der Waals surface area contributed by atoms with E-state index >= 15 is 0 Å². The third kappa shape index (κ3) is 7.93. The summed E-state index contributed by atoms with van der Waals surface area (Å²) in [6, 6.07) is 8.69. The van der Waals surface area contributed by atoms with Crippen molar-refractivity contribution in [2.75, 3.05) is 19.7 Å². The number of amides is 3. The fourth-order valence-electron chi connectivity index (χ4n) is 4.31. The normalized spacial score (nSPS) is 17.6. The minimum Gasteiger partial charge on any atom is -0.394 e. The highest BCUT2D eigenvalue weighted by Gasteiger charge is 2.34. The monoisotopic (exact) mass is 445 g/mol. The number of benzene rings is 1.